The Bertz CT molecular complexity index is 392. The molecule has 0 amide bonds. The van der Waals surface area contributed by atoms with Crippen molar-refractivity contribution < 1.29 is 4.92 Å². The smallest absolute Gasteiger partial charge is 0.292 e. The number of nitrogens with zero attached hydrogens (tertiary/aromatic N) is 1. The zero-order valence-electron chi connectivity index (χ0n) is 8.49. The van der Waals surface area contributed by atoms with Gasteiger partial charge in [-0.3, -0.25) is 10.1 Å². The van der Waals surface area contributed by atoms with Crippen LogP contribution in [0.4, 0.5) is 11.4 Å². The van der Waals surface area contributed by atoms with Crippen LogP contribution >= 0.6 is 0 Å². The summed E-state index contributed by atoms with van der Waals surface area (Å²) in [6.45, 7) is 3.42. The van der Waals surface area contributed by atoms with Gasteiger partial charge in [0.15, 0.2) is 0 Å². The molecule has 2 rings (SSSR count). The van der Waals surface area contributed by atoms with E-state index in [2.05, 4.69) is 10.6 Å². The molecule has 0 radical (unpaired) electrons. The van der Waals surface area contributed by atoms with E-state index in [1.807, 2.05) is 13.0 Å². The van der Waals surface area contributed by atoms with Gasteiger partial charge < -0.3 is 10.6 Å². The lowest BCUT2D eigenvalue weighted by Crippen LogP contribution is -2.29. The summed E-state index contributed by atoms with van der Waals surface area (Å²) < 4.78 is 0. The number of para-hydroxylation sites is 1. The molecule has 1 aromatic carbocycles. The number of nitro groups is 1. The van der Waals surface area contributed by atoms with Crippen molar-refractivity contribution in [1.82, 2.24) is 5.32 Å². The molecular formula is C10H13N3O2. The van der Waals surface area contributed by atoms with Crippen LogP contribution in [-0.2, 0) is 6.54 Å². The number of benzene rings is 1. The van der Waals surface area contributed by atoms with Crippen molar-refractivity contribution >= 4 is 11.4 Å². The molecule has 2 N–H and O–H groups in total. The Balaban J connectivity index is 2.42. The molecule has 1 aliphatic heterocycles. The van der Waals surface area contributed by atoms with Crippen LogP contribution in [0.25, 0.3) is 0 Å². The number of nitro benzene ring substituents is 1. The highest BCUT2D eigenvalue weighted by molar-refractivity contribution is 5.66. The van der Waals surface area contributed by atoms with Crippen LogP contribution in [0.15, 0.2) is 18.2 Å². The summed E-state index contributed by atoms with van der Waals surface area (Å²) in [5, 5.41) is 17.2. The second kappa shape index (κ2) is 3.86. The third-order valence-electron chi connectivity index (χ3n) is 2.55. The van der Waals surface area contributed by atoms with Gasteiger partial charge in [0.1, 0.15) is 5.69 Å². The van der Waals surface area contributed by atoms with E-state index in [0.29, 0.717) is 24.8 Å². The molecule has 0 bridgehead atoms. The molecule has 5 nitrogen and oxygen atoms in total. The lowest BCUT2D eigenvalue weighted by atomic mass is 10.1. The quantitative estimate of drug-likeness (QED) is 0.541. The molecule has 1 aromatic rings. The number of nitrogens with one attached hydrogen (secondary N) is 2. The van der Waals surface area contributed by atoms with Gasteiger partial charge in [-0.15, -0.1) is 0 Å². The minimum absolute atomic E-state index is 0.156. The van der Waals surface area contributed by atoms with Crippen molar-refractivity contribution in [2.24, 2.45) is 0 Å². The summed E-state index contributed by atoms with van der Waals surface area (Å²) >= 11 is 0. The van der Waals surface area contributed by atoms with E-state index in [4.69, 9.17) is 0 Å². The summed E-state index contributed by atoms with van der Waals surface area (Å²) in [5.41, 5.74) is 1.76. The van der Waals surface area contributed by atoms with Crippen LogP contribution in [0.1, 0.15) is 12.5 Å². The van der Waals surface area contributed by atoms with Crippen LogP contribution in [-0.4, -0.2) is 17.5 Å². The average molecular weight is 207 g/mol. The Morgan fingerprint density at radius 3 is 3.07 bits per heavy atom. The van der Waals surface area contributed by atoms with Crippen molar-refractivity contribution in [3.63, 3.8) is 0 Å². The minimum atomic E-state index is -0.345. The zero-order chi connectivity index (χ0) is 10.8. The lowest BCUT2D eigenvalue weighted by Gasteiger charge is -2.08. The highest BCUT2D eigenvalue weighted by Gasteiger charge is 2.20. The van der Waals surface area contributed by atoms with Crippen molar-refractivity contribution in [3.05, 3.63) is 33.9 Å². The molecule has 5 heteroatoms. The molecule has 1 aliphatic rings. The fourth-order valence-electron chi connectivity index (χ4n) is 1.70. The Morgan fingerprint density at radius 1 is 1.53 bits per heavy atom. The molecule has 0 saturated heterocycles. The van der Waals surface area contributed by atoms with Crippen molar-refractivity contribution in [2.45, 2.75) is 19.5 Å². The van der Waals surface area contributed by atoms with E-state index in [1.54, 1.807) is 6.07 Å². The van der Waals surface area contributed by atoms with E-state index in [1.165, 1.54) is 6.07 Å². The number of hydrogen-bond donors (Lipinski definition) is 2. The minimum Gasteiger partial charge on any atom is -0.378 e. The van der Waals surface area contributed by atoms with Crippen LogP contribution in [0.5, 0.6) is 0 Å². The monoisotopic (exact) mass is 207 g/mol. The summed E-state index contributed by atoms with van der Waals surface area (Å²) in [5.74, 6) is 0. The predicted octanol–water partition coefficient (Wildman–Crippen LogP) is 1.50. The summed E-state index contributed by atoms with van der Waals surface area (Å²) in [4.78, 5) is 10.5. The Hall–Kier alpha value is -1.62. The first-order valence-corrected chi connectivity index (χ1v) is 4.92. The maximum atomic E-state index is 10.8. The molecule has 1 atom stereocenters. The molecule has 0 spiro atoms. The lowest BCUT2D eigenvalue weighted by molar-refractivity contribution is -0.384. The van der Waals surface area contributed by atoms with Gasteiger partial charge in [0.25, 0.3) is 5.69 Å². The number of fused-ring (bicyclic) bond motifs is 1. The molecular weight excluding hydrogens is 194 g/mol. The van der Waals surface area contributed by atoms with E-state index < -0.39 is 0 Å². The van der Waals surface area contributed by atoms with Gasteiger partial charge in [0.05, 0.1) is 4.92 Å². The second-order valence-electron chi connectivity index (χ2n) is 3.73. The first-order chi connectivity index (χ1) is 7.18. The van der Waals surface area contributed by atoms with Gasteiger partial charge in [0, 0.05) is 25.2 Å². The van der Waals surface area contributed by atoms with Gasteiger partial charge in [0.2, 0.25) is 0 Å². The maximum absolute atomic E-state index is 10.8. The fraction of sp³-hybridized carbons (Fsp3) is 0.400. The third kappa shape index (κ3) is 1.92. The van der Waals surface area contributed by atoms with E-state index in [9.17, 15) is 10.1 Å². The van der Waals surface area contributed by atoms with Crippen LogP contribution < -0.4 is 10.6 Å². The standard InChI is InChI=1S/C10H13N3O2/c1-7-5-12-10-8(6-11-7)3-2-4-9(10)13(14)15/h2-4,7,11-12H,5-6H2,1H3/t7-/m0/s1. The van der Waals surface area contributed by atoms with Gasteiger partial charge in [-0.25, -0.2) is 0 Å². The number of rotatable bonds is 1. The molecule has 0 aromatic heterocycles. The topological polar surface area (TPSA) is 67.2 Å². The normalized spacial score (nSPS) is 19.9. The maximum Gasteiger partial charge on any atom is 0.292 e. The number of hydrogen-bond acceptors (Lipinski definition) is 4. The van der Waals surface area contributed by atoms with Crippen LogP contribution in [0.2, 0.25) is 0 Å². The van der Waals surface area contributed by atoms with Gasteiger partial charge in [-0.05, 0) is 12.5 Å². The highest BCUT2D eigenvalue weighted by atomic mass is 16.6. The molecule has 80 valence electrons. The molecule has 1 heterocycles. The van der Waals surface area contributed by atoms with Crippen LogP contribution in [0.3, 0.4) is 0 Å². The Morgan fingerprint density at radius 2 is 2.33 bits per heavy atom. The van der Waals surface area contributed by atoms with Gasteiger partial charge in [-0.1, -0.05) is 12.1 Å². The van der Waals surface area contributed by atoms with E-state index in [-0.39, 0.29) is 10.6 Å². The van der Waals surface area contributed by atoms with Crippen molar-refractivity contribution in [3.8, 4) is 0 Å². The average Bonchev–Trinajstić information content (AvgIpc) is 2.40. The zero-order valence-corrected chi connectivity index (χ0v) is 8.49. The van der Waals surface area contributed by atoms with E-state index >= 15 is 0 Å². The van der Waals surface area contributed by atoms with Crippen LogP contribution in [0, 0.1) is 10.1 Å². The first-order valence-electron chi connectivity index (χ1n) is 4.92. The second-order valence-corrected chi connectivity index (χ2v) is 3.73. The largest absolute Gasteiger partial charge is 0.378 e. The van der Waals surface area contributed by atoms with Crippen molar-refractivity contribution in [2.75, 3.05) is 11.9 Å². The van der Waals surface area contributed by atoms with E-state index in [0.717, 1.165) is 5.56 Å². The Labute approximate surface area is 87.6 Å². The number of anilines is 1. The molecule has 15 heavy (non-hydrogen) atoms. The molecule has 0 saturated carbocycles. The van der Waals surface area contributed by atoms with Gasteiger partial charge in [-0.2, -0.15) is 0 Å². The summed E-state index contributed by atoms with van der Waals surface area (Å²) in [6.07, 6.45) is 0. The van der Waals surface area contributed by atoms with Gasteiger partial charge >= 0.3 is 0 Å². The Kier molecular flexibility index (Phi) is 2.55. The summed E-state index contributed by atoms with van der Waals surface area (Å²) in [6, 6.07) is 5.47. The summed E-state index contributed by atoms with van der Waals surface area (Å²) in [7, 11) is 0. The predicted molar refractivity (Wildman–Crippen MR) is 57.9 cm³/mol. The SMILES string of the molecule is C[C@H]1CNc2c(cccc2[N+](=O)[O-])CN1. The molecule has 0 fully saturated rings. The van der Waals surface area contributed by atoms with Crippen molar-refractivity contribution in [1.29, 1.82) is 0 Å². The molecule has 0 aliphatic carbocycles. The fourth-order valence-corrected chi connectivity index (χ4v) is 1.70. The highest BCUT2D eigenvalue weighted by Crippen LogP contribution is 2.29. The third-order valence-corrected chi connectivity index (χ3v) is 2.55. The first kappa shape index (κ1) is 9.92. The molecule has 0 unspecified atom stereocenters.